The van der Waals surface area contributed by atoms with E-state index in [2.05, 4.69) is 9.72 Å². The van der Waals surface area contributed by atoms with Crippen molar-refractivity contribution in [3.8, 4) is 0 Å². The van der Waals surface area contributed by atoms with Gasteiger partial charge in [-0.1, -0.05) is 29.8 Å². The Balaban J connectivity index is 2.75. The second-order valence-corrected chi connectivity index (χ2v) is 3.82. The van der Waals surface area contributed by atoms with Gasteiger partial charge in [-0.2, -0.15) is 0 Å². The van der Waals surface area contributed by atoms with E-state index >= 15 is 0 Å². The number of aryl methyl sites for hydroxylation is 1. The summed E-state index contributed by atoms with van der Waals surface area (Å²) in [6, 6.07) is 7.43. The molecule has 3 nitrogen and oxygen atoms in total. The lowest BCUT2D eigenvalue weighted by Crippen LogP contribution is -2.04. The van der Waals surface area contributed by atoms with Crippen LogP contribution in [0, 0.1) is 6.92 Å². The molecule has 82 valence electrons. The molecule has 0 saturated heterocycles. The molecule has 0 amide bonds. The zero-order valence-corrected chi connectivity index (χ0v) is 9.71. The van der Waals surface area contributed by atoms with E-state index in [9.17, 15) is 4.79 Å². The highest BCUT2D eigenvalue weighted by atomic mass is 35.5. The lowest BCUT2D eigenvalue weighted by molar-refractivity contribution is 0.0594. The van der Waals surface area contributed by atoms with Gasteiger partial charge in [-0.25, -0.2) is 9.78 Å². The number of aromatic nitrogens is 1. The Morgan fingerprint density at radius 3 is 2.81 bits per heavy atom. The topological polar surface area (TPSA) is 39.2 Å². The minimum Gasteiger partial charge on any atom is -0.464 e. The summed E-state index contributed by atoms with van der Waals surface area (Å²) >= 11 is 6.02. The summed E-state index contributed by atoms with van der Waals surface area (Å²) in [5.41, 5.74) is 1.28. The smallest absolute Gasteiger partial charge is 0.356 e. The van der Waals surface area contributed by atoms with Gasteiger partial charge in [0.05, 0.1) is 7.11 Å². The Hall–Kier alpha value is -1.61. The predicted molar refractivity (Wildman–Crippen MR) is 62.8 cm³/mol. The van der Waals surface area contributed by atoms with E-state index in [1.54, 1.807) is 6.07 Å². The van der Waals surface area contributed by atoms with Crippen LogP contribution in [0.5, 0.6) is 0 Å². The maximum absolute atomic E-state index is 11.4. The van der Waals surface area contributed by atoms with E-state index in [0.717, 1.165) is 16.3 Å². The highest BCUT2D eigenvalue weighted by Crippen LogP contribution is 2.25. The number of fused-ring (bicyclic) bond motifs is 1. The fraction of sp³-hybridized carbons (Fsp3) is 0.167. The molecule has 0 atom stereocenters. The van der Waals surface area contributed by atoms with Crippen molar-refractivity contribution in [2.45, 2.75) is 6.92 Å². The number of nitrogens with zero attached hydrogens (tertiary/aromatic N) is 1. The van der Waals surface area contributed by atoms with E-state index < -0.39 is 5.97 Å². The van der Waals surface area contributed by atoms with Crippen molar-refractivity contribution < 1.29 is 9.53 Å². The van der Waals surface area contributed by atoms with E-state index in [-0.39, 0.29) is 5.69 Å². The third-order valence-corrected chi connectivity index (χ3v) is 2.73. The van der Waals surface area contributed by atoms with E-state index in [4.69, 9.17) is 11.6 Å². The molecule has 0 fully saturated rings. The largest absolute Gasteiger partial charge is 0.464 e. The van der Waals surface area contributed by atoms with Crippen molar-refractivity contribution in [3.05, 3.63) is 40.7 Å². The van der Waals surface area contributed by atoms with Gasteiger partial charge in [-0.05, 0) is 23.9 Å². The molecule has 0 spiro atoms. The van der Waals surface area contributed by atoms with Gasteiger partial charge in [0.15, 0.2) is 5.69 Å². The van der Waals surface area contributed by atoms with Crippen LogP contribution in [0.4, 0.5) is 0 Å². The van der Waals surface area contributed by atoms with Gasteiger partial charge >= 0.3 is 5.97 Å². The quantitative estimate of drug-likeness (QED) is 0.564. The lowest BCUT2D eigenvalue weighted by atomic mass is 10.1. The van der Waals surface area contributed by atoms with Crippen LogP contribution in [0.15, 0.2) is 24.3 Å². The van der Waals surface area contributed by atoms with Gasteiger partial charge in [0, 0.05) is 5.39 Å². The average molecular weight is 236 g/mol. The number of pyridine rings is 1. The minimum atomic E-state index is -0.480. The highest BCUT2D eigenvalue weighted by molar-refractivity contribution is 6.34. The summed E-state index contributed by atoms with van der Waals surface area (Å²) in [5, 5.41) is 2.08. The molecular formula is C12H10ClNO2. The van der Waals surface area contributed by atoms with E-state index in [0.29, 0.717) is 5.15 Å². The number of carbonyl (C=O) groups is 1. The van der Waals surface area contributed by atoms with Crippen molar-refractivity contribution in [2.24, 2.45) is 0 Å². The van der Waals surface area contributed by atoms with Gasteiger partial charge in [0.25, 0.3) is 0 Å². The summed E-state index contributed by atoms with van der Waals surface area (Å²) in [5.74, 6) is -0.480. The van der Waals surface area contributed by atoms with Crippen LogP contribution in [0.3, 0.4) is 0 Å². The van der Waals surface area contributed by atoms with Crippen LogP contribution < -0.4 is 0 Å². The average Bonchev–Trinajstić information content (AvgIpc) is 2.29. The number of hydrogen-bond acceptors (Lipinski definition) is 3. The Morgan fingerprint density at radius 1 is 1.38 bits per heavy atom. The van der Waals surface area contributed by atoms with Crippen molar-refractivity contribution in [1.29, 1.82) is 0 Å². The fourth-order valence-electron chi connectivity index (χ4n) is 1.60. The normalized spacial score (nSPS) is 10.4. The van der Waals surface area contributed by atoms with Crippen LogP contribution in [0.2, 0.25) is 5.15 Å². The van der Waals surface area contributed by atoms with Crippen LogP contribution in [-0.4, -0.2) is 18.1 Å². The van der Waals surface area contributed by atoms with Crippen LogP contribution >= 0.6 is 11.6 Å². The maximum Gasteiger partial charge on any atom is 0.356 e. The molecule has 4 heteroatoms. The minimum absolute atomic E-state index is 0.231. The number of halogens is 1. The zero-order chi connectivity index (χ0) is 11.7. The van der Waals surface area contributed by atoms with E-state index in [1.165, 1.54) is 7.11 Å². The molecule has 1 aromatic heterocycles. The van der Waals surface area contributed by atoms with Crippen molar-refractivity contribution >= 4 is 28.3 Å². The SMILES string of the molecule is COC(=O)c1cc2c(C)cccc2c(Cl)n1. The van der Waals surface area contributed by atoms with Crippen LogP contribution in [0.25, 0.3) is 10.8 Å². The summed E-state index contributed by atoms with van der Waals surface area (Å²) in [4.78, 5) is 15.4. The Kier molecular flexibility index (Phi) is 2.79. The maximum atomic E-state index is 11.4. The number of benzene rings is 1. The molecule has 0 N–H and O–H groups in total. The molecule has 0 aliphatic rings. The number of methoxy groups -OCH3 is 1. The molecule has 16 heavy (non-hydrogen) atoms. The number of ether oxygens (including phenoxy) is 1. The molecule has 0 aliphatic carbocycles. The molecule has 2 rings (SSSR count). The van der Waals surface area contributed by atoms with Gasteiger partial charge in [0.2, 0.25) is 0 Å². The second kappa shape index (κ2) is 4.10. The first-order chi connectivity index (χ1) is 7.63. The standard InChI is InChI=1S/C12H10ClNO2/c1-7-4-3-5-8-9(7)6-10(12(15)16-2)14-11(8)13/h3-6H,1-2H3. The van der Waals surface area contributed by atoms with Gasteiger partial charge < -0.3 is 4.74 Å². The van der Waals surface area contributed by atoms with Gasteiger partial charge in [-0.15, -0.1) is 0 Å². The molecule has 0 aliphatic heterocycles. The van der Waals surface area contributed by atoms with Crippen molar-refractivity contribution in [1.82, 2.24) is 4.98 Å². The summed E-state index contributed by atoms with van der Waals surface area (Å²) in [6.07, 6.45) is 0. The second-order valence-electron chi connectivity index (χ2n) is 3.46. The van der Waals surface area contributed by atoms with E-state index in [1.807, 2.05) is 25.1 Å². The number of hydrogen-bond donors (Lipinski definition) is 0. The first kappa shape index (κ1) is 10.9. The molecule has 1 aromatic carbocycles. The Labute approximate surface area is 98.0 Å². The lowest BCUT2D eigenvalue weighted by Gasteiger charge is -2.05. The fourth-order valence-corrected chi connectivity index (χ4v) is 1.85. The van der Waals surface area contributed by atoms with Gasteiger partial charge in [0.1, 0.15) is 5.15 Å². The molecule has 0 saturated carbocycles. The predicted octanol–water partition coefficient (Wildman–Crippen LogP) is 2.98. The number of esters is 1. The molecule has 0 bridgehead atoms. The zero-order valence-electron chi connectivity index (χ0n) is 8.95. The van der Waals surface area contributed by atoms with Crippen LogP contribution in [-0.2, 0) is 4.74 Å². The summed E-state index contributed by atoms with van der Waals surface area (Å²) in [7, 11) is 1.32. The van der Waals surface area contributed by atoms with Crippen molar-refractivity contribution in [2.75, 3.05) is 7.11 Å². The third kappa shape index (κ3) is 1.74. The third-order valence-electron chi connectivity index (χ3n) is 2.44. The Morgan fingerprint density at radius 2 is 2.12 bits per heavy atom. The molecule has 0 radical (unpaired) electrons. The van der Waals surface area contributed by atoms with Crippen LogP contribution in [0.1, 0.15) is 16.1 Å². The first-order valence-electron chi connectivity index (χ1n) is 4.77. The Bertz CT molecular complexity index is 566. The monoisotopic (exact) mass is 235 g/mol. The van der Waals surface area contributed by atoms with Gasteiger partial charge in [-0.3, -0.25) is 0 Å². The summed E-state index contributed by atoms with van der Waals surface area (Å²) in [6.45, 7) is 1.96. The van der Waals surface area contributed by atoms with Crippen molar-refractivity contribution in [3.63, 3.8) is 0 Å². The highest BCUT2D eigenvalue weighted by Gasteiger charge is 2.11. The molecular weight excluding hydrogens is 226 g/mol. The summed E-state index contributed by atoms with van der Waals surface area (Å²) < 4.78 is 4.62. The molecule has 1 heterocycles. The molecule has 0 unspecified atom stereocenters. The molecule has 2 aromatic rings. The number of carbonyl (C=O) groups excluding carboxylic acids is 1. The number of rotatable bonds is 1. The first-order valence-corrected chi connectivity index (χ1v) is 5.15.